The fourth-order valence-corrected chi connectivity index (χ4v) is 1.43. The number of alkyl halides is 1. The number of carbonyl (C=O) groups excluding carboxylic acids is 1. The van der Waals surface area contributed by atoms with Crippen LogP contribution in [0.5, 0.6) is 5.75 Å². The van der Waals surface area contributed by atoms with Crippen molar-refractivity contribution in [2.24, 2.45) is 0 Å². The molecule has 0 unspecified atom stereocenters. The average Bonchev–Trinajstić information content (AvgIpc) is 2.27. The highest BCUT2D eigenvalue weighted by Gasteiger charge is 2.20. The molecule has 0 saturated heterocycles. The summed E-state index contributed by atoms with van der Waals surface area (Å²) < 4.78 is 23.3. The van der Waals surface area contributed by atoms with Crippen molar-refractivity contribution in [3.05, 3.63) is 29.1 Å². The van der Waals surface area contributed by atoms with Gasteiger partial charge in [-0.25, -0.2) is 9.18 Å². The molecular formula is C11H12ClFO3. The second kappa shape index (κ2) is 5.70. The van der Waals surface area contributed by atoms with Gasteiger partial charge in [-0.05, 0) is 24.6 Å². The van der Waals surface area contributed by atoms with Crippen molar-refractivity contribution in [2.45, 2.75) is 12.8 Å². The van der Waals surface area contributed by atoms with Crippen molar-refractivity contribution in [3.63, 3.8) is 0 Å². The average molecular weight is 247 g/mol. The maximum Gasteiger partial charge on any atom is 0.344 e. The third kappa shape index (κ3) is 2.64. The Labute approximate surface area is 98.1 Å². The lowest BCUT2D eigenvalue weighted by Gasteiger charge is -2.10. The Hall–Kier alpha value is -1.29. The van der Waals surface area contributed by atoms with Gasteiger partial charge in [0.15, 0.2) is 0 Å². The van der Waals surface area contributed by atoms with E-state index in [0.29, 0.717) is 5.56 Å². The van der Waals surface area contributed by atoms with Crippen molar-refractivity contribution in [2.75, 3.05) is 13.7 Å². The van der Waals surface area contributed by atoms with Gasteiger partial charge in [-0.15, -0.1) is 11.6 Å². The minimum Gasteiger partial charge on any atom is -0.496 e. The Bertz CT molecular complexity index is 393. The zero-order valence-corrected chi connectivity index (χ0v) is 9.81. The van der Waals surface area contributed by atoms with E-state index >= 15 is 0 Å². The van der Waals surface area contributed by atoms with E-state index in [1.54, 1.807) is 6.92 Å². The molecule has 0 radical (unpaired) electrons. The molecule has 0 bridgehead atoms. The first-order chi connectivity index (χ1) is 7.63. The van der Waals surface area contributed by atoms with Crippen LogP contribution in [0.2, 0.25) is 0 Å². The molecule has 1 aromatic carbocycles. The summed E-state index contributed by atoms with van der Waals surface area (Å²) in [6.07, 6.45) is 0. The van der Waals surface area contributed by atoms with E-state index in [4.69, 9.17) is 21.1 Å². The third-order valence-electron chi connectivity index (χ3n) is 1.97. The van der Waals surface area contributed by atoms with E-state index in [-0.39, 0.29) is 23.8 Å². The maximum atomic E-state index is 13.6. The van der Waals surface area contributed by atoms with Gasteiger partial charge in [0.2, 0.25) is 0 Å². The van der Waals surface area contributed by atoms with Crippen LogP contribution in [-0.4, -0.2) is 19.7 Å². The minimum absolute atomic E-state index is 0.133. The van der Waals surface area contributed by atoms with Gasteiger partial charge in [-0.1, -0.05) is 0 Å². The lowest BCUT2D eigenvalue weighted by molar-refractivity contribution is 0.0517. The number of benzene rings is 1. The second-order valence-corrected chi connectivity index (χ2v) is 3.28. The van der Waals surface area contributed by atoms with E-state index < -0.39 is 11.8 Å². The Balaban J connectivity index is 3.21. The normalized spacial score (nSPS) is 10.0. The van der Waals surface area contributed by atoms with Crippen LogP contribution < -0.4 is 4.74 Å². The lowest BCUT2D eigenvalue weighted by Crippen LogP contribution is -2.10. The highest BCUT2D eigenvalue weighted by Crippen LogP contribution is 2.25. The summed E-state index contributed by atoms with van der Waals surface area (Å²) in [4.78, 5) is 11.5. The Morgan fingerprint density at radius 2 is 2.19 bits per heavy atom. The molecule has 0 amide bonds. The summed E-state index contributed by atoms with van der Waals surface area (Å²) in [6.45, 7) is 1.83. The lowest BCUT2D eigenvalue weighted by atomic mass is 10.1. The first-order valence-electron chi connectivity index (χ1n) is 4.73. The number of halogens is 2. The van der Waals surface area contributed by atoms with Gasteiger partial charge < -0.3 is 9.47 Å². The van der Waals surface area contributed by atoms with E-state index in [1.165, 1.54) is 19.2 Å². The van der Waals surface area contributed by atoms with Crippen molar-refractivity contribution in [1.29, 1.82) is 0 Å². The standard InChI is InChI=1S/C11H12ClFO3/c1-3-16-11(14)10-8(13)4-7(6-12)5-9(10)15-2/h4-5H,3,6H2,1-2H3. The molecule has 0 aliphatic rings. The highest BCUT2D eigenvalue weighted by atomic mass is 35.5. The molecule has 0 saturated carbocycles. The van der Waals surface area contributed by atoms with Gasteiger partial charge in [-0.2, -0.15) is 0 Å². The van der Waals surface area contributed by atoms with E-state index in [0.717, 1.165) is 0 Å². The molecule has 0 atom stereocenters. The van der Waals surface area contributed by atoms with E-state index in [2.05, 4.69) is 0 Å². The molecule has 0 N–H and O–H groups in total. The first kappa shape index (κ1) is 12.8. The van der Waals surface area contributed by atoms with E-state index in [1.807, 2.05) is 0 Å². The molecule has 5 heteroatoms. The molecule has 3 nitrogen and oxygen atoms in total. The molecule has 0 aromatic heterocycles. The summed E-state index contributed by atoms with van der Waals surface area (Å²) in [6, 6.07) is 2.71. The summed E-state index contributed by atoms with van der Waals surface area (Å²) in [5.74, 6) is -1.14. The van der Waals surface area contributed by atoms with E-state index in [9.17, 15) is 9.18 Å². The predicted octanol–water partition coefficient (Wildman–Crippen LogP) is 2.75. The van der Waals surface area contributed by atoms with Crippen LogP contribution in [0.1, 0.15) is 22.8 Å². The van der Waals surface area contributed by atoms with Gasteiger partial charge in [-0.3, -0.25) is 0 Å². The molecule has 0 fully saturated rings. The maximum absolute atomic E-state index is 13.6. The van der Waals surface area contributed by atoms with Gasteiger partial charge in [0, 0.05) is 5.88 Å². The Kier molecular flexibility index (Phi) is 4.55. The quantitative estimate of drug-likeness (QED) is 0.605. The number of rotatable bonds is 4. The largest absolute Gasteiger partial charge is 0.496 e. The number of carbonyl (C=O) groups is 1. The molecule has 0 heterocycles. The second-order valence-electron chi connectivity index (χ2n) is 3.01. The highest BCUT2D eigenvalue weighted by molar-refractivity contribution is 6.17. The molecule has 0 aliphatic carbocycles. The SMILES string of the molecule is CCOC(=O)c1c(F)cc(CCl)cc1OC. The van der Waals surface area contributed by atoms with Gasteiger partial charge >= 0.3 is 5.97 Å². The van der Waals surface area contributed by atoms with Crippen molar-refractivity contribution < 1.29 is 18.7 Å². The monoisotopic (exact) mass is 246 g/mol. The molecule has 1 rings (SSSR count). The summed E-state index contributed by atoms with van der Waals surface area (Å²) in [7, 11) is 1.36. The number of hydrogen-bond acceptors (Lipinski definition) is 3. The van der Waals surface area contributed by atoms with Crippen LogP contribution in [-0.2, 0) is 10.6 Å². The summed E-state index contributed by atoms with van der Waals surface area (Å²) in [5, 5.41) is 0. The number of ether oxygens (including phenoxy) is 2. The van der Waals surface area contributed by atoms with Crippen LogP contribution in [0.15, 0.2) is 12.1 Å². The van der Waals surface area contributed by atoms with Crippen molar-refractivity contribution in [1.82, 2.24) is 0 Å². The number of methoxy groups -OCH3 is 1. The Morgan fingerprint density at radius 1 is 1.50 bits per heavy atom. The van der Waals surface area contributed by atoms with Gasteiger partial charge in [0.05, 0.1) is 13.7 Å². The molecule has 0 spiro atoms. The van der Waals surface area contributed by atoms with Gasteiger partial charge in [0.1, 0.15) is 17.1 Å². The zero-order valence-electron chi connectivity index (χ0n) is 9.05. The molecule has 0 aliphatic heterocycles. The number of hydrogen-bond donors (Lipinski definition) is 0. The smallest absolute Gasteiger partial charge is 0.344 e. The molecule has 1 aromatic rings. The van der Waals surface area contributed by atoms with Crippen LogP contribution in [0.25, 0.3) is 0 Å². The number of esters is 1. The van der Waals surface area contributed by atoms with Gasteiger partial charge in [0.25, 0.3) is 0 Å². The molecular weight excluding hydrogens is 235 g/mol. The predicted molar refractivity (Wildman–Crippen MR) is 58.5 cm³/mol. The van der Waals surface area contributed by atoms with Crippen molar-refractivity contribution >= 4 is 17.6 Å². The third-order valence-corrected chi connectivity index (χ3v) is 2.28. The van der Waals surface area contributed by atoms with Crippen molar-refractivity contribution in [3.8, 4) is 5.75 Å². The molecule has 16 heavy (non-hydrogen) atoms. The topological polar surface area (TPSA) is 35.5 Å². The zero-order chi connectivity index (χ0) is 12.1. The van der Waals surface area contributed by atoms with Crippen LogP contribution in [0.3, 0.4) is 0 Å². The first-order valence-corrected chi connectivity index (χ1v) is 5.27. The summed E-state index contributed by atoms with van der Waals surface area (Å²) in [5.41, 5.74) is 0.349. The van der Waals surface area contributed by atoms with Crippen LogP contribution in [0.4, 0.5) is 4.39 Å². The van der Waals surface area contributed by atoms with Crippen LogP contribution in [0, 0.1) is 5.82 Å². The summed E-state index contributed by atoms with van der Waals surface area (Å²) >= 11 is 5.58. The fourth-order valence-electron chi connectivity index (χ4n) is 1.27. The Morgan fingerprint density at radius 3 is 2.69 bits per heavy atom. The van der Waals surface area contributed by atoms with Crippen LogP contribution >= 0.6 is 11.6 Å². The fraction of sp³-hybridized carbons (Fsp3) is 0.364. The minimum atomic E-state index is -0.738. The molecule has 88 valence electrons.